The predicted molar refractivity (Wildman–Crippen MR) is 129 cm³/mol. The molecule has 0 radical (unpaired) electrons. The molecule has 0 spiro atoms. The predicted octanol–water partition coefficient (Wildman–Crippen LogP) is 5.52. The molecule has 7 heteroatoms. The maximum atomic E-state index is 12.4. The van der Waals surface area contributed by atoms with Crippen LogP contribution in [-0.2, 0) is 18.9 Å². The quantitative estimate of drug-likeness (QED) is 0.378. The highest BCUT2D eigenvalue weighted by molar-refractivity contribution is 5.89. The van der Waals surface area contributed by atoms with E-state index in [-0.39, 0.29) is 24.3 Å². The monoisotopic (exact) mass is 462 g/mol. The Morgan fingerprint density at radius 3 is 2.36 bits per heavy atom. The van der Waals surface area contributed by atoms with E-state index < -0.39 is 12.1 Å². The highest BCUT2D eigenvalue weighted by Crippen LogP contribution is 2.38. The van der Waals surface area contributed by atoms with Crippen molar-refractivity contribution in [3.05, 3.63) is 29.8 Å². The van der Waals surface area contributed by atoms with Gasteiger partial charge < -0.3 is 29.6 Å². The number of amides is 2. The minimum atomic E-state index is -0.698. The van der Waals surface area contributed by atoms with Gasteiger partial charge in [-0.3, -0.25) is 0 Å². The van der Waals surface area contributed by atoms with Gasteiger partial charge in [0, 0.05) is 18.8 Å². The fraction of sp³-hybridized carbons (Fsp3) is 0.731. The lowest BCUT2D eigenvalue weighted by atomic mass is 10.1. The van der Waals surface area contributed by atoms with Crippen molar-refractivity contribution in [2.45, 2.75) is 109 Å². The number of carbonyl (C=O) groups is 1. The Kier molecular flexibility index (Phi) is 9.98. The van der Waals surface area contributed by atoms with Crippen LogP contribution in [0.2, 0.25) is 0 Å². The number of carbonyl (C=O) groups excluding carboxylic acids is 1. The number of ether oxygens (including phenoxy) is 4. The third-order valence-electron chi connectivity index (χ3n) is 6.17. The second-order valence-corrected chi connectivity index (χ2v) is 9.65. The first-order valence-corrected chi connectivity index (χ1v) is 12.6. The summed E-state index contributed by atoms with van der Waals surface area (Å²) >= 11 is 0. The Bertz CT molecular complexity index is 724. The van der Waals surface area contributed by atoms with Crippen LogP contribution in [0.4, 0.5) is 10.5 Å². The zero-order valence-electron chi connectivity index (χ0n) is 20.7. The van der Waals surface area contributed by atoms with Gasteiger partial charge in [-0.25, -0.2) is 4.79 Å². The molecule has 1 aromatic carbocycles. The number of benzene rings is 1. The molecule has 2 fully saturated rings. The van der Waals surface area contributed by atoms with Gasteiger partial charge in [0.15, 0.2) is 12.1 Å². The Labute approximate surface area is 198 Å². The second-order valence-electron chi connectivity index (χ2n) is 9.65. The molecule has 0 saturated carbocycles. The van der Waals surface area contributed by atoms with Crippen molar-refractivity contribution in [1.82, 2.24) is 5.32 Å². The fourth-order valence-electron chi connectivity index (χ4n) is 4.37. The molecule has 3 rings (SSSR count). The molecule has 7 nitrogen and oxygen atoms in total. The molecule has 0 unspecified atom stereocenters. The lowest BCUT2D eigenvalue weighted by molar-refractivity contribution is -0.217. The van der Waals surface area contributed by atoms with E-state index in [1.807, 2.05) is 45.0 Å². The van der Waals surface area contributed by atoms with Gasteiger partial charge in [-0.2, -0.15) is 0 Å². The van der Waals surface area contributed by atoms with E-state index in [0.29, 0.717) is 13.2 Å². The smallest absolute Gasteiger partial charge is 0.319 e. The molecular weight excluding hydrogens is 420 g/mol. The first-order chi connectivity index (χ1) is 15.9. The van der Waals surface area contributed by atoms with Crippen LogP contribution in [0.15, 0.2) is 24.3 Å². The van der Waals surface area contributed by atoms with Crippen LogP contribution in [0, 0.1) is 6.92 Å². The lowest BCUT2D eigenvalue weighted by Gasteiger charge is -2.26. The fourth-order valence-corrected chi connectivity index (χ4v) is 4.37. The molecule has 4 atom stereocenters. The average molecular weight is 463 g/mol. The molecular formula is C26H42N2O5. The molecule has 2 N–H and O–H groups in total. The number of rotatable bonds is 13. The minimum Gasteiger partial charge on any atom is -0.373 e. The van der Waals surface area contributed by atoms with E-state index in [9.17, 15) is 4.79 Å². The minimum absolute atomic E-state index is 0.275. The summed E-state index contributed by atoms with van der Waals surface area (Å²) in [6, 6.07) is 7.41. The van der Waals surface area contributed by atoms with Crippen molar-refractivity contribution in [1.29, 1.82) is 0 Å². The highest BCUT2D eigenvalue weighted by atomic mass is 16.8. The number of hydrogen-bond acceptors (Lipinski definition) is 5. The molecule has 2 saturated heterocycles. The summed E-state index contributed by atoms with van der Waals surface area (Å²) in [6.07, 6.45) is 8.64. The number of fused-ring (bicyclic) bond motifs is 1. The molecule has 2 aliphatic rings. The number of aryl methyl sites for hydroxylation is 1. The first-order valence-electron chi connectivity index (χ1n) is 12.6. The molecule has 2 aliphatic heterocycles. The van der Waals surface area contributed by atoms with Crippen LogP contribution in [0.5, 0.6) is 0 Å². The molecule has 2 amide bonds. The molecule has 33 heavy (non-hydrogen) atoms. The SMILES string of the molecule is CCCCCCCCCCO[C@@H]1[C@H]2OC(C)(C)O[C@H]2O[C@@H]1CNC(=O)Nc1ccc(C)cc1. The number of hydrogen-bond donors (Lipinski definition) is 2. The van der Waals surface area contributed by atoms with Gasteiger partial charge in [0.2, 0.25) is 0 Å². The highest BCUT2D eigenvalue weighted by Gasteiger charge is 2.55. The molecule has 1 aromatic rings. The van der Waals surface area contributed by atoms with Crippen LogP contribution < -0.4 is 10.6 Å². The molecule has 0 aliphatic carbocycles. The normalized spacial score (nSPS) is 25.7. The average Bonchev–Trinajstić information content (AvgIpc) is 3.24. The Balaban J connectivity index is 1.42. The third kappa shape index (κ3) is 8.25. The largest absolute Gasteiger partial charge is 0.373 e. The van der Waals surface area contributed by atoms with Gasteiger partial charge in [-0.1, -0.05) is 69.6 Å². The van der Waals surface area contributed by atoms with E-state index in [1.54, 1.807) is 0 Å². The molecule has 0 bridgehead atoms. The Morgan fingerprint density at radius 2 is 1.67 bits per heavy atom. The van der Waals surface area contributed by atoms with Crippen LogP contribution in [0.3, 0.4) is 0 Å². The zero-order valence-corrected chi connectivity index (χ0v) is 20.7. The summed E-state index contributed by atoms with van der Waals surface area (Å²) in [6.45, 7) is 8.99. The zero-order chi connectivity index (χ0) is 23.7. The van der Waals surface area contributed by atoms with E-state index in [4.69, 9.17) is 18.9 Å². The topological polar surface area (TPSA) is 78.1 Å². The van der Waals surface area contributed by atoms with Crippen molar-refractivity contribution in [2.75, 3.05) is 18.5 Å². The van der Waals surface area contributed by atoms with E-state index in [2.05, 4.69) is 17.6 Å². The van der Waals surface area contributed by atoms with Crippen molar-refractivity contribution in [2.24, 2.45) is 0 Å². The maximum Gasteiger partial charge on any atom is 0.319 e. The van der Waals surface area contributed by atoms with Gasteiger partial charge >= 0.3 is 6.03 Å². The third-order valence-corrected chi connectivity index (χ3v) is 6.17. The van der Waals surface area contributed by atoms with E-state index in [1.165, 1.54) is 44.9 Å². The van der Waals surface area contributed by atoms with E-state index >= 15 is 0 Å². The summed E-state index contributed by atoms with van der Waals surface area (Å²) in [5, 5.41) is 5.74. The van der Waals surface area contributed by atoms with Crippen molar-refractivity contribution < 1.29 is 23.7 Å². The summed E-state index contributed by atoms with van der Waals surface area (Å²) in [7, 11) is 0. The van der Waals surface area contributed by atoms with E-state index in [0.717, 1.165) is 17.7 Å². The lowest BCUT2D eigenvalue weighted by Crippen LogP contribution is -2.44. The number of urea groups is 1. The van der Waals surface area contributed by atoms with Crippen molar-refractivity contribution in [3.63, 3.8) is 0 Å². The number of anilines is 1. The van der Waals surface area contributed by atoms with Crippen LogP contribution in [0.1, 0.15) is 77.7 Å². The van der Waals surface area contributed by atoms with Gasteiger partial charge in [-0.05, 0) is 39.3 Å². The first kappa shape index (κ1) is 25.9. The number of unbranched alkanes of at least 4 members (excludes halogenated alkanes) is 7. The van der Waals surface area contributed by atoms with Gasteiger partial charge in [0.05, 0.1) is 0 Å². The van der Waals surface area contributed by atoms with Crippen LogP contribution in [0.25, 0.3) is 0 Å². The summed E-state index contributed by atoms with van der Waals surface area (Å²) < 4.78 is 24.2. The van der Waals surface area contributed by atoms with Gasteiger partial charge in [-0.15, -0.1) is 0 Å². The summed E-state index contributed by atoms with van der Waals surface area (Å²) in [5.41, 5.74) is 1.89. The maximum absolute atomic E-state index is 12.4. The Hall–Kier alpha value is -1.67. The number of nitrogens with one attached hydrogen (secondary N) is 2. The summed E-state index contributed by atoms with van der Waals surface area (Å²) in [5.74, 6) is -0.698. The van der Waals surface area contributed by atoms with Gasteiger partial charge in [0.25, 0.3) is 0 Å². The van der Waals surface area contributed by atoms with Crippen molar-refractivity contribution >= 4 is 11.7 Å². The molecule has 0 aromatic heterocycles. The van der Waals surface area contributed by atoms with Crippen molar-refractivity contribution in [3.8, 4) is 0 Å². The van der Waals surface area contributed by atoms with Crippen LogP contribution in [-0.4, -0.2) is 49.6 Å². The summed E-state index contributed by atoms with van der Waals surface area (Å²) in [4.78, 5) is 12.4. The standard InChI is InChI=1S/C26H42N2O5/c1-5-6-7-8-9-10-11-12-17-30-22-21(31-24-23(22)32-26(3,4)33-24)18-27-25(29)28-20-15-13-19(2)14-16-20/h13-16,21-24H,5-12,17-18H2,1-4H3,(H2,27,28,29)/t21-,22+,23-,24-/m1/s1. The van der Waals surface area contributed by atoms with Crippen LogP contribution >= 0.6 is 0 Å². The molecule has 2 heterocycles. The Morgan fingerprint density at radius 1 is 1.00 bits per heavy atom. The second kappa shape index (κ2) is 12.7. The molecule has 186 valence electrons. The van der Waals surface area contributed by atoms with Gasteiger partial charge in [0.1, 0.15) is 18.3 Å².